The van der Waals surface area contributed by atoms with Crippen LogP contribution >= 0.6 is 0 Å². The lowest BCUT2D eigenvalue weighted by atomic mass is 10.1. The molecule has 1 saturated heterocycles. The zero-order valence-electron chi connectivity index (χ0n) is 14.1. The van der Waals surface area contributed by atoms with Crippen LogP contribution in [0.25, 0.3) is 0 Å². The molecule has 1 aliphatic heterocycles. The van der Waals surface area contributed by atoms with Gasteiger partial charge >= 0.3 is 6.09 Å². The highest BCUT2D eigenvalue weighted by Gasteiger charge is 2.38. The summed E-state index contributed by atoms with van der Waals surface area (Å²) >= 11 is 0. The van der Waals surface area contributed by atoms with Gasteiger partial charge in [-0.3, -0.25) is 14.4 Å². The van der Waals surface area contributed by atoms with Crippen molar-refractivity contribution in [3.63, 3.8) is 0 Å². The summed E-state index contributed by atoms with van der Waals surface area (Å²) in [4.78, 5) is 21.9. The molecule has 0 saturated carbocycles. The van der Waals surface area contributed by atoms with Crippen LogP contribution in [0.3, 0.4) is 0 Å². The van der Waals surface area contributed by atoms with E-state index in [4.69, 9.17) is 0 Å². The highest BCUT2D eigenvalue weighted by molar-refractivity contribution is 5.65. The predicted octanol–water partition coefficient (Wildman–Crippen LogP) is 2.59. The van der Waals surface area contributed by atoms with Crippen LogP contribution in [0.1, 0.15) is 16.8 Å². The normalized spacial score (nSPS) is 16.8. The summed E-state index contributed by atoms with van der Waals surface area (Å²) in [5.41, 5.74) is 3.32. The zero-order chi connectivity index (χ0) is 17.2. The predicted molar refractivity (Wildman–Crippen MR) is 92.8 cm³/mol. The van der Waals surface area contributed by atoms with E-state index in [-0.39, 0.29) is 0 Å². The fourth-order valence-electron chi connectivity index (χ4n) is 3.22. The number of amides is 1. The molecule has 6 nitrogen and oxygen atoms in total. The zero-order valence-corrected chi connectivity index (χ0v) is 14.1. The third-order valence-corrected chi connectivity index (χ3v) is 4.82. The molecule has 0 bridgehead atoms. The Balaban J connectivity index is 1.94. The average Bonchev–Trinajstić information content (AvgIpc) is 2.58. The highest BCUT2D eigenvalue weighted by atomic mass is 16.4. The summed E-state index contributed by atoms with van der Waals surface area (Å²) in [5.74, 6) is 0.982. The summed E-state index contributed by atoms with van der Waals surface area (Å²) < 4.78 is 0.641. The molecule has 0 aromatic carbocycles. The Hall–Kier alpha value is -2.47. The molecule has 1 N–H and O–H groups in total. The first kappa shape index (κ1) is 16.4. The van der Waals surface area contributed by atoms with E-state index in [9.17, 15) is 9.90 Å². The van der Waals surface area contributed by atoms with E-state index in [1.54, 1.807) is 0 Å². The van der Waals surface area contributed by atoms with Gasteiger partial charge in [0.25, 0.3) is 0 Å². The number of aryl methyl sites for hydroxylation is 2. The number of aromatic nitrogens is 2. The number of carboxylic acid groups (broad SMARTS) is 1. The van der Waals surface area contributed by atoms with Crippen LogP contribution in [0.4, 0.5) is 10.6 Å². The third-order valence-electron chi connectivity index (χ3n) is 4.82. The minimum absolute atomic E-state index is 0.511. The molecule has 0 spiro atoms. The van der Waals surface area contributed by atoms with Gasteiger partial charge in [0, 0.05) is 18.5 Å². The van der Waals surface area contributed by atoms with Gasteiger partial charge in [-0.25, -0.2) is 9.78 Å². The topological polar surface area (TPSA) is 66.3 Å². The van der Waals surface area contributed by atoms with Crippen molar-refractivity contribution in [1.82, 2.24) is 19.4 Å². The van der Waals surface area contributed by atoms with Gasteiger partial charge < -0.3 is 5.11 Å². The van der Waals surface area contributed by atoms with Gasteiger partial charge in [-0.15, -0.1) is 0 Å². The van der Waals surface area contributed by atoms with Crippen LogP contribution in [-0.2, 0) is 6.54 Å². The molecule has 6 heteroatoms. The van der Waals surface area contributed by atoms with Crippen molar-refractivity contribution in [2.24, 2.45) is 0 Å². The monoisotopic (exact) mass is 327 g/mol. The number of hydrogen-bond donors (Lipinski definition) is 1. The third kappa shape index (κ3) is 3.23. The molecule has 3 heterocycles. The van der Waals surface area contributed by atoms with E-state index in [1.807, 2.05) is 25.4 Å². The summed E-state index contributed by atoms with van der Waals surface area (Å²) in [7, 11) is 0. The molecular weight excluding hydrogens is 304 g/mol. The number of nitrogens with zero attached hydrogens (tertiary/aromatic N) is 4. The molecule has 0 unspecified atom stereocenters. The highest BCUT2D eigenvalue weighted by Crippen LogP contribution is 2.27. The molecule has 3 rings (SSSR count). The van der Waals surface area contributed by atoms with E-state index in [1.165, 1.54) is 4.90 Å². The van der Waals surface area contributed by atoms with Crippen LogP contribution in [0.5, 0.6) is 0 Å². The van der Waals surface area contributed by atoms with Gasteiger partial charge in [-0.2, -0.15) is 0 Å². The van der Waals surface area contributed by atoms with Crippen molar-refractivity contribution < 1.29 is 9.90 Å². The second-order valence-corrected chi connectivity index (χ2v) is 6.48. The largest absolute Gasteiger partial charge is 0.465 e. The van der Waals surface area contributed by atoms with E-state index in [2.05, 4.69) is 35.1 Å². The van der Waals surface area contributed by atoms with Gasteiger partial charge in [0.05, 0.1) is 18.8 Å². The van der Waals surface area contributed by atoms with Crippen molar-refractivity contribution in [3.05, 3.63) is 53.5 Å². The van der Waals surface area contributed by atoms with E-state index in [0.717, 1.165) is 29.2 Å². The fourth-order valence-corrected chi connectivity index (χ4v) is 3.22. The number of carbonyl (C=O) groups is 1. The minimum Gasteiger partial charge on any atom is -0.465 e. The smallest absolute Gasteiger partial charge is 0.407 e. The van der Waals surface area contributed by atoms with E-state index >= 15 is 0 Å². The molecule has 126 valence electrons. The molecule has 2 aromatic heterocycles. The van der Waals surface area contributed by atoms with E-state index in [0.29, 0.717) is 30.7 Å². The van der Waals surface area contributed by atoms with Crippen LogP contribution in [0.15, 0.2) is 36.7 Å². The molecule has 2 aromatic rings. The number of pyridine rings is 2. The second kappa shape index (κ2) is 6.57. The maximum Gasteiger partial charge on any atom is 0.407 e. The summed E-state index contributed by atoms with van der Waals surface area (Å²) in [6.07, 6.45) is 2.85. The lowest BCUT2D eigenvalue weighted by Gasteiger charge is -2.42. The number of piperazine rings is 1. The summed E-state index contributed by atoms with van der Waals surface area (Å²) in [6.45, 7) is 7.25. The van der Waals surface area contributed by atoms with Crippen molar-refractivity contribution >= 4 is 11.9 Å². The number of hydrogen-bond acceptors (Lipinski definition) is 3. The molecule has 0 atom stereocenters. The lowest BCUT2D eigenvalue weighted by molar-refractivity contribution is 0.102. The standard InChI is InChI=1S/C18H22N4O2/c1-14-5-6-17(20-12-14)22(10-8-21(9-11-22)18(23)24)13-16-15(2)4-3-7-19-16/h3-7,12H,8-11,13H2,1-2H3/p+1. The maximum atomic E-state index is 11.2. The molecule has 0 radical (unpaired) electrons. The van der Waals surface area contributed by atoms with Crippen LogP contribution < -0.4 is 4.48 Å². The average molecular weight is 327 g/mol. The first-order chi connectivity index (χ1) is 11.5. The van der Waals surface area contributed by atoms with Gasteiger partial charge in [-0.1, -0.05) is 12.1 Å². The number of rotatable bonds is 3. The molecule has 1 fully saturated rings. The Labute approximate surface area is 142 Å². The molecule has 1 amide bonds. The van der Waals surface area contributed by atoms with Crippen LogP contribution in [0.2, 0.25) is 0 Å². The van der Waals surface area contributed by atoms with E-state index < -0.39 is 6.09 Å². The Kier molecular flexibility index (Phi) is 4.49. The fraction of sp³-hybridized carbons (Fsp3) is 0.389. The van der Waals surface area contributed by atoms with Gasteiger partial charge in [-0.05, 0) is 31.0 Å². The minimum atomic E-state index is -0.848. The summed E-state index contributed by atoms with van der Waals surface area (Å²) in [5, 5.41) is 9.24. The Bertz CT molecular complexity index is 722. The first-order valence-corrected chi connectivity index (χ1v) is 8.18. The Morgan fingerprint density at radius 2 is 1.96 bits per heavy atom. The van der Waals surface area contributed by atoms with Crippen LogP contribution in [0, 0.1) is 13.8 Å². The SMILES string of the molecule is Cc1ccc([N+]2(Cc3ncccc3C)CCN(C(=O)O)CC2)nc1. The molecule has 1 aliphatic rings. The second-order valence-electron chi connectivity index (χ2n) is 6.48. The van der Waals surface area contributed by atoms with Crippen molar-refractivity contribution in [2.45, 2.75) is 20.4 Å². The van der Waals surface area contributed by atoms with Crippen molar-refractivity contribution in [3.8, 4) is 0 Å². The molecule has 24 heavy (non-hydrogen) atoms. The molecular formula is C18H23N4O2+. The number of quaternary nitrogens is 1. The summed E-state index contributed by atoms with van der Waals surface area (Å²) in [6, 6.07) is 8.13. The Morgan fingerprint density at radius 3 is 2.54 bits per heavy atom. The van der Waals surface area contributed by atoms with Crippen molar-refractivity contribution in [2.75, 3.05) is 26.2 Å². The lowest BCUT2D eigenvalue weighted by Crippen LogP contribution is -2.61. The first-order valence-electron chi connectivity index (χ1n) is 8.18. The Morgan fingerprint density at radius 1 is 1.21 bits per heavy atom. The van der Waals surface area contributed by atoms with Crippen molar-refractivity contribution in [1.29, 1.82) is 0 Å². The quantitative estimate of drug-likeness (QED) is 0.880. The van der Waals surface area contributed by atoms with Gasteiger partial charge in [0.2, 0.25) is 5.82 Å². The van der Waals surface area contributed by atoms with Gasteiger partial charge in [0.15, 0.2) is 0 Å². The van der Waals surface area contributed by atoms with Gasteiger partial charge in [0.1, 0.15) is 19.6 Å². The maximum absolute atomic E-state index is 11.2. The molecule has 0 aliphatic carbocycles. The van der Waals surface area contributed by atoms with Crippen LogP contribution in [-0.4, -0.2) is 52.2 Å².